The van der Waals surface area contributed by atoms with E-state index in [9.17, 15) is 31.9 Å². The number of hydrogen-bond donors (Lipinski definition) is 2. The number of fused-ring (bicyclic) bond motifs is 1. The molecule has 1 amide bonds. The number of halogens is 5. The van der Waals surface area contributed by atoms with E-state index in [1.165, 1.54) is 0 Å². The van der Waals surface area contributed by atoms with Gasteiger partial charge in [-0.15, -0.1) is 0 Å². The van der Waals surface area contributed by atoms with E-state index in [1.54, 1.807) is 13.1 Å². The van der Waals surface area contributed by atoms with Crippen LogP contribution in [0.3, 0.4) is 0 Å². The Labute approximate surface area is 205 Å². The van der Waals surface area contributed by atoms with Gasteiger partial charge in [-0.1, -0.05) is 0 Å². The summed E-state index contributed by atoms with van der Waals surface area (Å²) in [6, 6.07) is 1.44. The molecule has 2 heterocycles. The van der Waals surface area contributed by atoms with Crippen LogP contribution in [0.15, 0.2) is 24.4 Å². The van der Waals surface area contributed by atoms with E-state index in [4.69, 9.17) is 0 Å². The zero-order valence-corrected chi connectivity index (χ0v) is 19.9. The first kappa shape index (κ1) is 25.1. The topological polar surface area (TPSA) is 65.5 Å². The monoisotopic (exact) mass is 509 g/mol. The maximum Gasteiger partial charge on any atom is 0.419 e. The quantitative estimate of drug-likeness (QED) is 0.518. The molecule has 194 valence electrons. The summed E-state index contributed by atoms with van der Waals surface area (Å²) in [6.07, 6.45) is -1.19. The van der Waals surface area contributed by atoms with Gasteiger partial charge in [0.15, 0.2) is 0 Å². The van der Waals surface area contributed by atoms with Gasteiger partial charge in [0.2, 0.25) is 5.91 Å². The number of nitrogens with zero attached hydrogens (tertiary/aromatic N) is 2. The third kappa shape index (κ3) is 4.85. The second-order valence-electron chi connectivity index (χ2n) is 10.4. The molecule has 5 rings (SSSR count). The van der Waals surface area contributed by atoms with E-state index in [2.05, 4.69) is 15.2 Å². The molecule has 1 saturated heterocycles. The van der Waals surface area contributed by atoms with Crippen LogP contribution in [-0.2, 0) is 17.5 Å². The van der Waals surface area contributed by atoms with Crippen molar-refractivity contribution in [3.8, 4) is 0 Å². The molecule has 3 aliphatic rings. The number of aryl methyl sites for hydroxylation is 1. The summed E-state index contributed by atoms with van der Waals surface area (Å²) in [7, 11) is 0. The first-order chi connectivity index (χ1) is 16.9. The number of aliphatic hydroxyl groups excluding tert-OH is 1. The molecule has 3 fully saturated rings. The minimum Gasteiger partial charge on any atom is -0.389 e. The van der Waals surface area contributed by atoms with Crippen LogP contribution in [0.5, 0.6) is 0 Å². The van der Waals surface area contributed by atoms with E-state index in [1.807, 2.05) is 13.0 Å². The maximum atomic E-state index is 14.8. The number of alkyl halides is 3. The van der Waals surface area contributed by atoms with Crippen LogP contribution in [0.1, 0.15) is 72.7 Å². The lowest BCUT2D eigenvalue weighted by molar-refractivity contribution is -0.140. The molecule has 10 heteroatoms. The smallest absolute Gasteiger partial charge is 0.389 e. The third-order valence-corrected chi connectivity index (χ3v) is 7.62. The van der Waals surface area contributed by atoms with Crippen molar-refractivity contribution in [2.24, 2.45) is 11.8 Å². The largest absolute Gasteiger partial charge is 0.419 e. The van der Waals surface area contributed by atoms with Crippen molar-refractivity contribution < 1.29 is 31.9 Å². The van der Waals surface area contributed by atoms with Gasteiger partial charge in [0.05, 0.1) is 23.8 Å². The van der Waals surface area contributed by atoms with Gasteiger partial charge in [0.1, 0.15) is 11.6 Å². The minimum absolute atomic E-state index is 0.159. The predicted octanol–water partition coefficient (Wildman–Crippen LogP) is 4.97. The number of aromatic nitrogens is 1. The molecular formula is C26H28F5N3O2. The van der Waals surface area contributed by atoms with Crippen LogP contribution < -0.4 is 5.32 Å². The van der Waals surface area contributed by atoms with E-state index >= 15 is 0 Å². The van der Waals surface area contributed by atoms with Gasteiger partial charge < -0.3 is 10.4 Å². The van der Waals surface area contributed by atoms with Crippen molar-refractivity contribution in [3.63, 3.8) is 0 Å². The molecule has 1 unspecified atom stereocenters. The normalized spacial score (nSPS) is 25.4. The Morgan fingerprint density at radius 2 is 1.89 bits per heavy atom. The summed E-state index contributed by atoms with van der Waals surface area (Å²) in [5.41, 5.74) is 0.426. The molecule has 2 N–H and O–H groups in total. The number of piperidine rings is 1. The van der Waals surface area contributed by atoms with Crippen LogP contribution in [0.2, 0.25) is 0 Å². The average molecular weight is 510 g/mol. The summed E-state index contributed by atoms with van der Waals surface area (Å²) in [6.45, 7) is 3.93. The zero-order valence-electron chi connectivity index (χ0n) is 19.9. The van der Waals surface area contributed by atoms with Crippen molar-refractivity contribution in [2.75, 3.05) is 0 Å². The lowest BCUT2D eigenvalue weighted by atomic mass is 9.98. The first-order valence-electron chi connectivity index (χ1n) is 12.2. The number of carbonyl (C=O) groups is 1. The molecule has 1 aromatic carbocycles. The molecular weight excluding hydrogens is 481 g/mol. The maximum absolute atomic E-state index is 14.8. The number of likely N-dealkylation sites (tertiary alicyclic amines) is 1. The number of benzene rings is 1. The summed E-state index contributed by atoms with van der Waals surface area (Å²) in [4.78, 5) is 19.8. The number of hydrogen-bond acceptors (Lipinski definition) is 4. The van der Waals surface area contributed by atoms with Crippen molar-refractivity contribution in [1.29, 1.82) is 0 Å². The van der Waals surface area contributed by atoms with Crippen LogP contribution in [0.4, 0.5) is 22.0 Å². The fourth-order valence-corrected chi connectivity index (χ4v) is 5.51. The highest BCUT2D eigenvalue weighted by Gasteiger charge is 2.54. The standard InChI is InChI=1S/C26H28F5N3O2/c1-12-5-16(18(10-32-12)13(2)35)11-34-22-6-15(22)7-23(34)25(36)33-24(14-3-4-14)17-8-21(28)19(9-20(17)27)26(29,30)31/h5,8-10,13-15,22-24,35H,3-4,6-7,11H2,1-2H3,(H,33,36)/t13?,15-,22-,23-,24-/m1/s1. The van der Waals surface area contributed by atoms with Crippen molar-refractivity contribution in [2.45, 2.75) is 76.5 Å². The summed E-state index contributed by atoms with van der Waals surface area (Å²) < 4.78 is 68.1. The number of pyridine rings is 1. The molecule has 5 atom stereocenters. The highest BCUT2D eigenvalue weighted by molar-refractivity contribution is 5.83. The molecule has 2 aromatic rings. The Hall–Kier alpha value is -2.59. The van der Waals surface area contributed by atoms with E-state index in [0.29, 0.717) is 43.4 Å². The Kier molecular flexibility index (Phi) is 6.31. The second kappa shape index (κ2) is 9.06. The van der Waals surface area contributed by atoms with E-state index in [-0.39, 0.29) is 29.5 Å². The zero-order chi connectivity index (χ0) is 25.9. The highest BCUT2D eigenvalue weighted by atomic mass is 19.4. The number of nitrogens with one attached hydrogen (secondary N) is 1. The van der Waals surface area contributed by atoms with Crippen LogP contribution in [-0.4, -0.2) is 33.0 Å². The molecule has 5 nitrogen and oxygen atoms in total. The molecule has 2 saturated carbocycles. The number of amides is 1. The molecule has 1 aliphatic heterocycles. The van der Waals surface area contributed by atoms with Gasteiger partial charge in [-0.2, -0.15) is 13.2 Å². The highest BCUT2D eigenvalue weighted by Crippen LogP contribution is 2.49. The summed E-state index contributed by atoms with van der Waals surface area (Å²) in [5.74, 6) is -2.88. The van der Waals surface area contributed by atoms with Gasteiger partial charge in [0.25, 0.3) is 0 Å². The molecule has 1 aromatic heterocycles. The van der Waals surface area contributed by atoms with Crippen molar-refractivity contribution >= 4 is 5.91 Å². The summed E-state index contributed by atoms with van der Waals surface area (Å²) >= 11 is 0. The molecule has 0 radical (unpaired) electrons. The lowest BCUT2D eigenvalue weighted by Gasteiger charge is -2.30. The SMILES string of the molecule is Cc1cc(CN2[C@@H](C(=O)N[C@@H](c3cc(F)c(C(F)(F)F)cc3F)C3CC3)C[C@H]3C[C@H]32)c(C(C)O)cn1. The molecule has 36 heavy (non-hydrogen) atoms. The number of aliphatic hydroxyl groups is 1. The van der Waals surface area contributed by atoms with Gasteiger partial charge in [-0.3, -0.25) is 14.7 Å². The van der Waals surface area contributed by atoms with E-state index < -0.39 is 41.6 Å². The van der Waals surface area contributed by atoms with Crippen LogP contribution in [0.25, 0.3) is 0 Å². The average Bonchev–Trinajstić information content (AvgIpc) is 3.71. The predicted molar refractivity (Wildman–Crippen MR) is 120 cm³/mol. The van der Waals surface area contributed by atoms with E-state index in [0.717, 1.165) is 17.7 Å². The molecule has 0 bridgehead atoms. The Morgan fingerprint density at radius 1 is 1.17 bits per heavy atom. The first-order valence-corrected chi connectivity index (χ1v) is 12.2. The van der Waals surface area contributed by atoms with Crippen LogP contribution >= 0.6 is 0 Å². The van der Waals surface area contributed by atoms with Gasteiger partial charge >= 0.3 is 6.18 Å². The fourth-order valence-electron chi connectivity index (χ4n) is 5.51. The number of carbonyl (C=O) groups excluding carboxylic acids is 1. The van der Waals surface area contributed by atoms with Crippen molar-refractivity contribution in [1.82, 2.24) is 15.2 Å². The third-order valence-electron chi connectivity index (χ3n) is 7.62. The number of rotatable bonds is 7. The van der Waals surface area contributed by atoms with Crippen LogP contribution in [0, 0.1) is 30.4 Å². The fraction of sp³-hybridized carbons (Fsp3) is 0.538. The lowest BCUT2D eigenvalue weighted by Crippen LogP contribution is -2.46. The van der Waals surface area contributed by atoms with Gasteiger partial charge in [-0.25, -0.2) is 8.78 Å². The molecule has 2 aliphatic carbocycles. The van der Waals surface area contributed by atoms with Crippen molar-refractivity contribution in [3.05, 3.63) is 64.0 Å². The molecule has 0 spiro atoms. The van der Waals surface area contributed by atoms with Gasteiger partial charge in [-0.05, 0) is 75.1 Å². The minimum atomic E-state index is -5.01. The summed E-state index contributed by atoms with van der Waals surface area (Å²) in [5, 5.41) is 13.0. The Morgan fingerprint density at radius 3 is 2.53 bits per heavy atom. The Balaban J connectivity index is 1.38. The second-order valence-corrected chi connectivity index (χ2v) is 10.4. The van der Waals surface area contributed by atoms with Gasteiger partial charge in [0, 0.05) is 35.6 Å². The Bertz CT molecular complexity index is 1180.